The van der Waals surface area contributed by atoms with Gasteiger partial charge in [-0.15, -0.1) is 0 Å². The van der Waals surface area contributed by atoms with Crippen molar-refractivity contribution in [2.24, 2.45) is 9.98 Å². The highest BCUT2D eigenvalue weighted by Gasteiger charge is 2.17. The van der Waals surface area contributed by atoms with Gasteiger partial charge in [-0.1, -0.05) is 109 Å². The fraction of sp³-hybridized carbons (Fsp3) is 0. The predicted octanol–water partition coefficient (Wildman–Crippen LogP) is 9.14. The normalized spacial score (nSPS) is 12.2. The van der Waals surface area contributed by atoms with Gasteiger partial charge >= 0.3 is 0 Å². The molecule has 0 saturated heterocycles. The van der Waals surface area contributed by atoms with Gasteiger partial charge in [-0.2, -0.15) is 0 Å². The summed E-state index contributed by atoms with van der Waals surface area (Å²) in [7, 11) is 0. The van der Waals surface area contributed by atoms with Crippen LogP contribution in [0.4, 0.5) is 11.4 Å². The molecule has 0 aliphatic carbocycles. The molecule has 0 unspecified atom stereocenters. The third-order valence-electron chi connectivity index (χ3n) is 6.96. The highest BCUT2D eigenvalue weighted by molar-refractivity contribution is 6.14. The van der Waals surface area contributed by atoms with E-state index < -0.39 is 0 Å². The zero-order chi connectivity index (χ0) is 23.9. The average molecular weight is 459 g/mol. The van der Waals surface area contributed by atoms with Gasteiger partial charge < -0.3 is 0 Å². The van der Waals surface area contributed by atoms with E-state index in [1.165, 1.54) is 21.5 Å². The van der Waals surface area contributed by atoms with Crippen molar-refractivity contribution < 1.29 is 0 Å². The lowest BCUT2D eigenvalue weighted by atomic mass is 9.91. The number of aliphatic imine (C=N–C) groups is 2. The molecule has 2 heteroatoms. The number of fused-ring (bicyclic) bond motifs is 10. The molecule has 1 aliphatic rings. The molecule has 2 nitrogen and oxygen atoms in total. The summed E-state index contributed by atoms with van der Waals surface area (Å²) in [6.07, 6.45) is 4.01. The second-order valence-electron chi connectivity index (χ2n) is 9.05. The summed E-state index contributed by atoms with van der Waals surface area (Å²) in [5, 5.41) is 4.72. The maximum absolute atomic E-state index is 5.11. The molecule has 7 rings (SSSR count). The minimum absolute atomic E-state index is 0.935. The maximum atomic E-state index is 5.11. The summed E-state index contributed by atoms with van der Waals surface area (Å²) >= 11 is 0. The Labute approximate surface area is 209 Å². The summed E-state index contributed by atoms with van der Waals surface area (Å²) in [4.78, 5) is 10.2. The van der Waals surface area contributed by atoms with Gasteiger partial charge in [-0.3, -0.25) is 9.98 Å². The van der Waals surface area contributed by atoms with Crippen molar-refractivity contribution >= 4 is 45.3 Å². The van der Waals surface area contributed by atoms with Crippen molar-refractivity contribution in [3.05, 3.63) is 132 Å². The van der Waals surface area contributed by atoms with E-state index in [4.69, 9.17) is 9.98 Å². The topological polar surface area (TPSA) is 24.7 Å². The number of rotatable bonds is 0. The standard InChI is InChI=1S/C34H22N2/c1-7-15-29-23(9-1)17-19-31-33(29)34-30-16-8-2-10-24(30)18-20-32(34)36-22-26-12-4-6-14-28(26)27-13-5-3-11-25(27)21-35-31/h1-22H. The van der Waals surface area contributed by atoms with Gasteiger partial charge in [0.25, 0.3) is 0 Å². The Kier molecular flexibility index (Phi) is 4.82. The van der Waals surface area contributed by atoms with Crippen LogP contribution in [-0.2, 0) is 0 Å². The molecule has 0 aromatic heterocycles. The molecule has 0 N–H and O–H groups in total. The van der Waals surface area contributed by atoms with E-state index in [-0.39, 0.29) is 0 Å². The lowest BCUT2D eigenvalue weighted by molar-refractivity contribution is 1.49. The molecule has 0 radical (unpaired) electrons. The first-order valence-corrected chi connectivity index (χ1v) is 12.2. The molecular weight excluding hydrogens is 436 g/mol. The molecule has 168 valence electrons. The minimum Gasteiger partial charge on any atom is -0.256 e. The van der Waals surface area contributed by atoms with Crippen LogP contribution in [-0.4, -0.2) is 12.4 Å². The largest absolute Gasteiger partial charge is 0.256 e. The summed E-state index contributed by atoms with van der Waals surface area (Å²) < 4.78 is 0. The smallest absolute Gasteiger partial charge is 0.0715 e. The first-order valence-electron chi connectivity index (χ1n) is 12.2. The summed E-state index contributed by atoms with van der Waals surface area (Å²) in [5.74, 6) is 0. The van der Waals surface area contributed by atoms with Crippen LogP contribution in [0, 0.1) is 0 Å². The molecule has 0 spiro atoms. The molecule has 0 saturated carbocycles. The molecule has 36 heavy (non-hydrogen) atoms. The van der Waals surface area contributed by atoms with Crippen LogP contribution in [0.15, 0.2) is 131 Å². The molecule has 0 atom stereocenters. The van der Waals surface area contributed by atoms with Crippen LogP contribution < -0.4 is 0 Å². The van der Waals surface area contributed by atoms with Gasteiger partial charge in [0.2, 0.25) is 0 Å². The van der Waals surface area contributed by atoms with Crippen LogP contribution in [0.2, 0.25) is 0 Å². The van der Waals surface area contributed by atoms with Crippen molar-refractivity contribution in [1.29, 1.82) is 0 Å². The van der Waals surface area contributed by atoms with Crippen molar-refractivity contribution in [3.8, 4) is 22.3 Å². The van der Waals surface area contributed by atoms with Crippen LogP contribution in [0.3, 0.4) is 0 Å². The molecular formula is C34H22N2. The second-order valence-corrected chi connectivity index (χ2v) is 9.05. The number of benzene rings is 6. The highest BCUT2D eigenvalue weighted by atomic mass is 14.7. The Hall–Kier alpha value is -4.82. The quantitative estimate of drug-likeness (QED) is 0.216. The van der Waals surface area contributed by atoms with Crippen LogP contribution in [0.25, 0.3) is 43.8 Å². The van der Waals surface area contributed by atoms with E-state index in [2.05, 4.69) is 121 Å². The Bertz CT molecular complexity index is 1710. The van der Waals surface area contributed by atoms with Crippen LogP contribution in [0.1, 0.15) is 11.1 Å². The average Bonchev–Trinajstić information content (AvgIpc) is 2.94. The van der Waals surface area contributed by atoms with E-state index >= 15 is 0 Å². The molecule has 6 aromatic carbocycles. The summed E-state index contributed by atoms with van der Waals surface area (Å²) in [5.41, 5.74) is 8.54. The fourth-order valence-electron chi connectivity index (χ4n) is 5.25. The molecule has 0 fully saturated rings. The van der Waals surface area contributed by atoms with E-state index in [0.29, 0.717) is 0 Å². The fourth-order valence-corrected chi connectivity index (χ4v) is 5.25. The van der Waals surface area contributed by atoms with Crippen LogP contribution in [0.5, 0.6) is 0 Å². The third kappa shape index (κ3) is 3.35. The summed E-state index contributed by atoms with van der Waals surface area (Å²) in [6.45, 7) is 0. The Morgan fingerprint density at radius 3 is 1.28 bits per heavy atom. The van der Waals surface area contributed by atoms with Crippen molar-refractivity contribution in [1.82, 2.24) is 0 Å². The molecule has 6 aromatic rings. The van der Waals surface area contributed by atoms with E-state index in [0.717, 1.165) is 44.8 Å². The van der Waals surface area contributed by atoms with Gasteiger partial charge in [0.15, 0.2) is 0 Å². The molecule has 1 aliphatic heterocycles. The minimum atomic E-state index is 0.935. The molecule has 0 amide bonds. The first-order chi connectivity index (χ1) is 17.9. The first kappa shape index (κ1) is 20.5. The Morgan fingerprint density at radius 1 is 0.361 bits per heavy atom. The van der Waals surface area contributed by atoms with E-state index in [1.807, 2.05) is 12.4 Å². The summed E-state index contributed by atoms with van der Waals surface area (Å²) in [6, 6.07) is 42.5. The number of hydrogen-bond donors (Lipinski definition) is 0. The number of hydrogen-bond acceptors (Lipinski definition) is 2. The number of nitrogens with zero attached hydrogens (tertiary/aromatic N) is 2. The SMILES string of the molecule is C1=Nc2ccc3ccccc3c2-c2c(ccc3ccccc23)N=Cc2ccccc2-c2ccccc21. The lowest BCUT2D eigenvalue weighted by Crippen LogP contribution is -1.94. The lowest BCUT2D eigenvalue weighted by Gasteiger charge is -2.17. The van der Waals surface area contributed by atoms with Crippen LogP contribution >= 0.6 is 0 Å². The molecule has 0 bridgehead atoms. The van der Waals surface area contributed by atoms with E-state index in [9.17, 15) is 0 Å². The zero-order valence-corrected chi connectivity index (χ0v) is 19.6. The monoisotopic (exact) mass is 458 g/mol. The van der Waals surface area contributed by atoms with Crippen molar-refractivity contribution in [3.63, 3.8) is 0 Å². The third-order valence-corrected chi connectivity index (χ3v) is 6.96. The van der Waals surface area contributed by atoms with Gasteiger partial charge in [0.1, 0.15) is 0 Å². The van der Waals surface area contributed by atoms with Gasteiger partial charge in [-0.25, -0.2) is 0 Å². The van der Waals surface area contributed by atoms with E-state index in [1.54, 1.807) is 0 Å². The highest BCUT2D eigenvalue weighted by Crippen LogP contribution is 2.45. The Morgan fingerprint density at radius 2 is 0.778 bits per heavy atom. The molecule has 1 heterocycles. The van der Waals surface area contributed by atoms with Gasteiger partial charge in [0.05, 0.1) is 11.4 Å². The zero-order valence-electron chi connectivity index (χ0n) is 19.6. The van der Waals surface area contributed by atoms with Gasteiger partial charge in [0, 0.05) is 34.7 Å². The predicted molar refractivity (Wildman–Crippen MR) is 153 cm³/mol. The Balaban J connectivity index is 1.65. The van der Waals surface area contributed by atoms with Crippen molar-refractivity contribution in [2.45, 2.75) is 0 Å². The second kappa shape index (κ2) is 8.44. The maximum Gasteiger partial charge on any atom is 0.0715 e. The van der Waals surface area contributed by atoms with Crippen molar-refractivity contribution in [2.75, 3.05) is 0 Å². The van der Waals surface area contributed by atoms with Gasteiger partial charge in [-0.05, 0) is 44.8 Å².